The number of aryl methyl sites for hydroxylation is 2. The van der Waals surface area contributed by atoms with E-state index < -0.39 is 6.10 Å². The topological polar surface area (TPSA) is 60.2 Å². The lowest BCUT2D eigenvalue weighted by atomic mass is 10.1. The zero-order chi connectivity index (χ0) is 13.1. The summed E-state index contributed by atoms with van der Waals surface area (Å²) in [6.07, 6.45) is 0.935. The maximum Gasteiger partial charge on any atom is 0.164 e. The summed E-state index contributed by atoms with van der Waals surface area (Å²) in [5.74, 6) is 1.43. The highest BCUT2D eigenvalue weighted by Gasteiger charge is 2.10. The molecule has 0 aliphatic heterocycles. The SMILES string of the molecule is Cc1ccc([C@H](C)O)c(OCc2ncnn2C)c1. The molecule has 0 saturated carbocycles. The summed E-state index contributed by atoms with van der Waals surface area (Å²) >= 11 is 0. The largest absolute Gasteiger partial charge is 0.485 e. The Labute approximate surface area is 106 Å². The van der Waals surface area contributed by atoms with Crippen molar-refractivity contribution in [3.63, 3.8) is 0 Å². The second kappa shape index (κ2) is 5.18. The molecule has 0 radical (unpaired) electrons. The Kier molecular flexibility index (Phi) is 3.62. The lowest BCUT2D eigenvalue weighted by molar-refractivity contribution is 0.189. The normalized spacial score (nSPS) is 12.4. The van der Waals surface area contributed by atoms with Crippen LogP contribution < -0.4 is 4.74 Å². The first kappa shape index (κ1) is 12.6. The van der Waals surface area contributed by atoms with Crippen LogP contribution in [0.3, 0.4) is 0 Å². The van der Waals surface area contributed by atoms with Crippen molar-refractivity contribution >= 4 is 0 Å². The monoisotopic (exact) mass is 247 g/mol. The maximum absolute atomic E-state index is 9.69. The Morgan fingerprint density at radius 1 is 1.44 bits per heavy atom. The minimum absolute atomic E-state index is 0.333. The predicted molar refractivity (Wildman–Crippen MR) is 67.1 cm³/mol. The minimum atomic E-state index is -0.555. The summed E-state index contributed by atoms with van der Waals surface area (Å²) in [7, 11) is 1.82. The molecule has 1 atom stereocenters. The standard InChI is InChI=1S/C13H17N3O2/c1-9-4-5-11(10(2)17)12(6-9)18-7-13-14-8-15-16(13)3/h4-6,8,10,17H,7H2,1-3H3/t10-/m0/s1. The number of nitrogens with zero attached hydrogens (tertiary/aromatic N) is 3. The quantitative estimate of drug-likeness (QED) is 0.894. The number of ether oxygens (including phenoxy) is 1. The highest BCUT2D eigenvalue weighted by Crippen LogP contribution is 2.26. The van der Waals surface area contributed by atoms with Gasteiger partial charge in [0.1, 0.15) is 18.7 Å². The number of benzene rings is 1. The first-order chi connectivity index (χ1) is 8.58. The van der Waals surface area contributed by atoms with Crippen molar-refractivity contribution in [3.05, 3.63) is 41.5 Å². The fourth-order valence-corrected chi connectivity index (χ4v) is 1.70. The molecule has 0 aliphatic carbocycles. The van der Waals surface area contributed by atoms with E-state index >= 15 is 0 Å². The molecule has 18 heavy (non-hydrogen) atoms. The molecule has 0 saturated heterocycles. The summed E-state index contributed by atoms with van der Waals surface area (Å²) in [4.78, 5) is 4.09. The number of hydrogen-bond acceptors (Lipinski definition) is 4. The van der Waals surface area contributed by atoms with E-state index in [9.17, 15) is 5.11 Å². The predicted octanol–water partition coefficient (Wildman–Crippen LogP) is 1.76. The number of aliphatic hydroxyl groups excluding tert-OH is 1. The van der Waals surface area contributed by atoms with Gasteiger partial charge in [0.25, 0.3) is 0 Å². The molecule has 2 aromatic rings. The molecule has 0 fully saturated rings. The van der Waals surface area contributed by atoms with Crippen molar-refractivity contribution < 1.29 is 9.84 Å². The van der Waals surface area contributed by atoms with E-state index in [4.69, 9.17) is 4.74 Å². The molecular weight excluding hydrogens is 230 g/mol. The fourth-order valence-electron chi connectivity index (χ4n) is 1.70. The molecule has 5 heteroatoms. The van der Waals surface area contributed by atoms with Crippen LogP contribution in [0.5, 0.6) is 5.75 Å². The summed E-state index contributed by atoms with van der Waals surface area (Å²) in [5, 5.41) is 13.7. The molecule has 0 spiro atoms. The van der Waals surface area contributed by atoms with Crippen LogP contribution in [0.25, 0.3) is 0 Å². The van der Waals surface area contributed by atoms with Crippen LogP contribution in [-0.4, -0.2) is 19.9 Å². The Bertz CT molecular complexity index is 535. The summed E-state index contributed by atoms with van der Waals surface area (Å²) in [5.41, 5.74) is 1.87. The van der Waals surface area contributed by atoms with Gasteiger partial charge in [-0.15, -0.1) is 0 Å². The number of aromatic nitrogens is 3. The zero-order valence-corrected chi connectivity index (χ0v) is 10.8. The lowest BCUT2D eigenvalue weighted by Crippen LogP contribution is -2.06. The van der Waals surface area contributed by atoms with Gasteiger partial charge in [0, 0.05) is 12.6 Å². The van der Waals surface area contributed by atoms with E-state index in [0.29, 0.717) is 12.4 Å². The molecule has 2 rings (SSSR count). The number of rotatable bonds is 4. The third kappa shape index (κ3) is 2.68. The van der Waals surface area contributed by atoms with Crippen LogP contribution in [0.2, 0.25) is 0 Å². The van der Waals surface area contributed by atoms with Crippen LogP contribution in [0.1, 0.15) is 30.0 Å². The molecule has 5 nitrogen and oxygen atoms in total. The highest BCUT2D eigenvalue weighted by molar-refractivity contribution is 5.38. The van der Waals surface area contributed by atoms with Crippen molar-refractivity contribution in [1.29, 1.82) is 0 Å². The first-order valence-electron chi connectivity index (χ1n) is 5.82. The van der Waals surface area contributed by atoms with Gasteiger partial charge < -0.3 is 9.84 Å². The van der Waals surface area contributed by atoms with Crippen LogP contribution in [0.4, 0.5) is 0 Å². The molecule has 0 unspecified atom stereocenters. The average molecular weight is 247 g/mol. The van der Waals surface area contributed by atoms with Gasteiger partial charge in [0.05, 0.1) is 6.10 Å². The van der Waals surface area contributed by atoms with Crippen LogP contribution in [0.15, 0.2) is 24.5 Å². The average Bonchev–Trinajstić information content (AvgIpc) is 2.72. The van der Waals surface area contributed by atoms with E-state index in [1.807, 2.05) is 32.2 Å². The molecule has 96 valence electrons. The molecule has 0 aliphatic rings. The van der Waals surface area contributed by atoms with Crippen LogP contribution in [-0.2, 0) is 13.7 Å². The van der Waals surface area contributed by atoms with Gasteiger partial charge in [-0.05, 0) is 25.5 Å². The van der Waals surface area contributed by atoms with Gasteiger partial charge in [0.15, 0.2) is 5.82 Å². The molecule has 0 amide bonds. The molecule has 1 heterocycles. The summed E-state index contributed by atoms with van der Waals surface area (Å²) in [6.45, 7) is 4.04. The molecule has 0 bridgehead atoms. The Morgan fingerprint density at radius 3 is 2.83 bits per heavy atom. The Morgan fingerprint density at radius 2 is 2.22 bits per heavy atom. The molecule has 1 aromatic carbocycles. The van der Waals surface area contributed by atoms with Crippen LogP contribution >= 0.6 is 0 Å². The van der Waals surface area contributed by atoms with Crippen molar-refractivity contribution in [2.24, 2.45) is 7.05 Å². The molecule has 1 N–H and O–H groups in total. The van der Waals surface area contributed by atoms with Crippen molar-refractivity contribution in [2.75, 3.05) is 0 Å². The van der Waals surface area contributed by atoms with Gasteiger partial charge >= 0.3 is 0 Å². The third-order valence-electron chi connectivity index (χ3n) is 2.78. The van der Waals surface area contributed by atoms with E-state index in [1.165, 1.54) is 6.33 Å². The Balaban J connectivity index is 2.18. The second-order valence-electron chi connectivity index (χ2n) is 4.31. The van der Waals surface area contributed by atoms with Gasteiger partial charge in [-0.1, -0.05) is 12.1 Å². The Hall–Kier alpha value is -1.88. The molecular formula is C13H17N3O2. The number of hydrogen-bond donors (Lipinski definition) is 1. The van der Waals surface area contributed by atoms with E-state index in [0.717, 1.165) is 17.0 Å². The first-order valence-corrected chi connectivity index (χ1v) is 5.82. The van der Waals surface area contributed by atoms with Gasteiger partial charge in [-0.25, -0.2) is 4.98 Å². The minimum Gasteiger partial charge on any atom is -0.485 e. The lowest BCUT2D eigenvalue weighted by Gasteiger charge is -2.13. The van der Waals surface area contributed by atoms with Crippen molar-refractivity contribution in [3.8, 4) is 5.75 Å². The van der Waals surface area contributed by atoms with Crippen molar-refractivity contribution in [2.45, 2.75) is 26.6 Å². The third-order valence-corrected chi connectivity index (χ3v) is 2.78. The van der Waals surface area contributed by atoms with Gasteiger partial charge in [0.2, 0.25) is 0 Å². The van der Waals surface area contributed by atoms with E-state index in [2.05, 4.69) is 10.1 Å². The van der Waals surface area contributed by atoms with Crippen molar-refractivity contribution in [1.82, 2.24) is 14.8 Å². The fraction of sp³-hybridized carbons (Fsp3) is 0.385. The second-order valence-corrected chi connectivity index (χ2v) is 4.31. The summed E-state index contributed by atoms with van der Waals surface area (Å²) < 4.78 is 7.39. The van der Waals surface area contributed by atoms with Gasteiger partial charge in [-0.2, -0.15) is 5.10 Å². The van der Waals surface area contributed by atoms with E-state index in [-0.39, 0.29) is 0 Å². The zero-order valence-electron chi connectivity index (χ0n) is 10.8. The van der Waals surface area contributed by atoms with Gasteiger partial charge in [-0.3, -0.25) is 4.68 Å². The van der Waals surface area contributed by atoms with Crippen LogP contribution in [0, 0.1) is 6.92 Å². The summed E-state index contributed by atoms with van der Waals surface area (Å²) in [6, 6.07) is 5.75. The van der Waals surface area contributed by atoms with E-state index in [1.54, 1.807) is 11.6 Å². The molecule has 1 aromatic heterocycles. The maximum atomic E-state index is 9.69. The number of aliphatic hydroxyl groups is 1. The smallest absolute Gasteiger partial charge is 0.164 e. The highest BCUT2D eigenvalue weighted by atomic mass is 16.5.